The molecule has 1 aromatic carbocycles. The Kier molecular flexibility index (Phi) is 11.1. The molecule has 232 valence electrons. The number of piperazine rings is 1. The number of carbonyl (C=O) groups is 1. The van der Waals surface area contributed by atoms with Gasteiger partial charge in [-0.25, -0.2) is 4.39 Å². The number of rotatable bonds is 12. The van der Waals surface area contributed by atoms with Crippen molar-refractivity contribution in [1.29, 1.82) is 0 Å². The van der Waals surface area contributed by atoms with E-state index in [9.17, 15) is 31.1 Å². The Morgan fingerprint density at radius 2 is 1.88 bits per heavy atom. The SMILES string of the molecule is C/C=C\c1c(CC2CN(/C=N/OCCN(C)C)CCN2C(=O)c2cc(C(F)(F)F)cc(C(F)(F)CF)c2)c[nH]c1CC. The number of hydrogen-bond acceptors (Lipinski definition) is 4. The van der Waals surface area contributed by atoms with Gasteiger partial charge in [0.15, 0.2) is 6.67 Å². The summed E-state index contributed by atoms with van der Waals surface area (Å²) in [6, 6.07) is 0.829. The van der Waals surface area contributed by atoms with Crippen LogP contribution < -0.4 is 0 Å². The molecular formula is C29H37F6N5O2. The lowest BCUT2D eigenvalue weighted by Crippen LogP contribution is -2.55. The number of nitrogens with one attached hydrogen (secondary N) is 1. The van der Waals surface area contributed by atoms with Crippen LogP contribution in [-0.4, -0.2) is 91.5 Å². The van der Waals surface area contributed by atoms with Crippen molar-refractivity contribution in [3.63, 3.8) is 0 Å². The standard InChI is InChI=1S/C29H37F6N5O2/c1-5-7-25-21(16-36-26(25)6-2)14-24-17-39(19-37-42-11-10-38(3)4)8-9-40(24)27(41)20-12-22(28(31,32)18-30)15-23(13-20)29(33,34)35/h5,7,12-13,15-16,19,24,36H,6,8-11,14,17-18H2,1-4H3/b7-5-,37-19+. The summed E-state index contributed by atoms with van der Waals surface area (Å²) in [6.07, 6.45) is 3.21. The van der Waals surface area contributed by atoms with Gasteiger partial charge in [0, 0.05) is 49.2 Å². The van der Waals surface area contributed by atoms with Crippen LogP contribution in [0.5, 0.6) is 0 Å². The minimum Gasteiger partial charge on any atom is -0.393 e. The van der Waals surface area contributed by atoms with Crippen molar-refractivity contribution in [2.75, 3.05) is 53.6 Å². The molecule has 13 heteroatoms. The summed E-state index contributed by atoms with van der Waals surface area (Å²) in [5.74, 6) is -5.03. The van der Waals surface area contributed by atoms with Gasteiger partial charge in [0.2, 0.25) is 0 Å². The monoisotopic (exact) mass is 601 g/mol. The number of carbonyl (C=O) groups excluding carboxylic acids is 1. The fourth-order valence-corrected chi connectivity index (χ4v) is 4.78. The molecule has 2 heterocycles. The Morgan fingerprint density at radius 3 is 2.50 bits per heavy atom. The number of amides is 1. The third-order valence-electron chi connectivity index (χ3n) is 7.02. The lowest BCUT2D eigenvalue weighted by molar-refractivity contribution is -0.137. The molecule has 1 aliphatic rings. The fourth-order valence-electron chi connectivity index (χ4n) is 4.78. The second kappa shape index (κ2) is 14.1. The molecule has 1 saturated heterocycles. The van der Waals surface area contributed by atoms with Gasteiger partial charge in [0.25, 0.3) is 5.91 Å². The molecular weight excluding hydrogens is 564 g/mol. The van der Waals surface area contributed by atoms with E-state index in [0.29, 0.717) is 31.7 Å². The highest BCUT2D eigenvalue weighted by atomic mass is 19.4. The maximum atomic E-state index is 14.2. The van der Waals surface area contributed by atoms with Crippen LogP contribution in [0.2, 0.25) is 0 Å². The second-order valence-electron chi connectivity index (χ2n) is 10.4. The third-order valence-corrected chi connectivity index (χ3v) is 7.02. The number of H-pyrrole nitrogens is 1. The Hall–Kier alpha value is -3.48. The maximum Gasteiger partial charge on any atom is 0.416 e. The number of likely N-dealkylation sites (N-methyl/N-ethyl adjacent to an activating group) is 1. The molecule has 42 heavy (non-hydrogen) atoms. The predicted molar refractivity (Wildman–Crippen MR) is 149 cm³/mol. The van der Waals surface area contributed by atoms with Crippen LogP contribution in [0, 0.1) is 0 Å². The molecule has 7 nitrogen and oxygen atoms in total. The summed E-state index contributed by atoms with van der Waals surface area (Å²) in [5.41, 5.74) is -0.391. The summed E-state index contributed by atoms with van der Waals surface area (Å²) in [6.45, 7) is 3.32. The van der Waals surface area contributed by atoms with Crippen LogP contribution >= 0.6 is 0 Å². The van der Waals surface area contributed by atoms with Crippen LogP contribution in [0.15, 0.2) is 35.6 Å². The van der Waals surface area contributed by atoms with Crippen molar-refractivity contribution in [3.05, 3.63) is 64.0 Å². The molecule has 1 aromatic heterocycles. The first-order valence-corrected chi connectivity index (χ1v) is 13.6. The number of alkyl halides is 6. The van der Waals surface area contributed by atoms with Crippen LogP contribution in [0.25, 0.3) is 6.08 Å². The Bertz CT molecular complexity index is 1260. The average molecular weight is 602 g/mol. The highest BCUT2D eigenvalue weighted by Crippen LogP contribution is 2.36. The number of oxime groups is 1. The van der Waals surface area contributed by atoms with Gasteiger partial charge in [-0.05, 0) is 63.2 Å². The zero-order valence-corrected chi connectivity index (χ0v) is 24.1. The van der Waals surface area contributed by atoms with Gasteiger partial charge >= 0.3 is 12.1 Å². The second-order valence-corrected chi connectivity index (χ2v) is 10.4. The van der Waals surface area contributed by atoms with E-state index in [1.165, 1.54) is 11.2 Å². The van der Waals surface area contributed by atoms with E-state index < -0.39 is 47.4 Å². The Morgan fingerprint density at radius 1 is 1.17 bits per heavy atom. The zero-order chi connectivity index (χ0) is 31.1. The van der Waals surface area contributed by atoms with Crippen LogP contribution in [0.4, 0.5) is 26.3 Å². The lowest BCUT2D eigenvalue weighted by Gasteiger charge is -2.41. The molecule has 0 saturated carbocycles. The van der Waals surface area contributed by atoms with Crippen molar-refractivity contribution in [2.24, 2.45) is 5.16 Å². The molecule has 1 atom stereocenters. The van der Waals surface area contributed by atoms with E-state index in [1.54, 1.807) is 0 Å². The van der Waals surface area contributed by atoms with Gasteiger partial charge in [0.05, 0.1) is 11.6 Å². The van der Waals surface area contributed by atoms with Gasteiger partial charge in [-0.3, -0.25) is 4.79 Å². The number of aryl methyl sites for hydroxylation is 1. The number of hydrogen-bond donors (Lipinski definition) is 1. The van der Waals surface area contributed by atoms with Crippen molar-refractivity contribution in [1.82, 2.24) is 19.7 Å². The van der Waals surface area contributed by atoms with E-state index in [1.807, 2.05) is 56.1 Å². The van der Waals surface area contributed by atoms with Gasteiger partial charge in [-0.15, -0.1) is 0 Å². The lowest BCUT2D eigenvalue weighted by atomic mass is 9.97. The number of aromatic amines is 1. The Balaban J connectivity index is 1.97. The fraction of sp³-hybridized carbons (Fsp3) is 0.517. The number of nitrogens with zero attached hydrogens (tertiary/aromatic N) is 4. The van der Waals surface area contributed by atoms with Crippen LogP contribution in [0.1, 0.15) is 52.2 Å². The minimum atomic E-state index is -5.01. The summed E-state index contributed by atoms with van der Waals surface area (Å²) in [7, 11) is 3.79. The number of allylic oxidation sites excluding steroid dienone is 1. The van der Waals surface area contributed by atoms with Gasteiger partial charge in [-0.2, -0.15) is 22.0 Å². The van der Waals surface area contributed by atoms with Gasteiger partial charge < -0.3 is 24.5 Å². The van der Waals surface area contributed by atoms with Crippen molar-refractivity contribution >= 4 is 18.3 Å². The minimum absolute atomic E-state index is 0.0856. The molecule has 1 aliphatic heterocycles. The van der Waals surface area contributed by atoms with Crippen LogP contribution in [-0.2, 0) is 29.8 Å². The van der Waals surface area contributed by atoms with Crippen molar-refractivity contribution < 1.29 is 36.0 Å². The molecule has 0 radical (unpaired) electrons. The maximum absolute atomic E-state index is 14.2. The molecule has 3 rings (SSSR count). The molecule has 1 N–H and O–H groups in total. The normalized spacial score (nSPS) is 16.8. The van der Waals surface area contributed by atoms with E-state index in [0.717, 1.165) is 23.2 Å². The summed E-state index contributed by atoms with van der Waals surface area (Å²) in [5, 5.41) is 4.00. The van der Waals surface area contributed by atoms with E-state index in [2.05, 4.69) is 10.1 Å². The Labute approximate surface area is 241 Å². The first-order valence-electron chi connectivity index (χ1n) is 13.6. The van der Waals surface area contributed by atoms with Gasteiger partial charge in [-0.1, -0.05) is 24.2 Å². The molecule has 0 aliphatic carbocycles. The number of benzene rings is 1. The quantitative estimate of drug-likeness (QED) is 0.114. The molecule has 1 amide bonds. The summed E-state index contributed by atoms with van der Waals surface area (Å²) >= 11 is 0. The van der Waals surface area contributed by atoms with Gasteiger partial charge in [0.1, 0.15) is 12.9 Å². The first kappa shape index (κ1) is 33.0. The summed E-state index contributed by atoms with van der Waals surface area (Å²) in [4.78, 5) is 27.4. The molecule has 0 spiro atoms. The van der Waals surface area contributed by atoms with E-state index in [4.69, 9.17) is 4.84 Å². The largest absolute Gasteiger partial charge is 0.416 e. The van der Waals surface area contributed by atoms with Crippen molar-refractivity contribution in [2.45, 2.75) is 44.8 Å². The predicted octanol–water partition coefficient (Wildman–Crippen LogP) is 5.58. The van der Waals surface area contributed by atoms with Crippen molar-refractivity contribution in [3.8, 4) is 0 Å². The van der Waals surface area contributed by atoms with E-state index >= 15 is 0 Å². The first-order chi connectivity index (χ1) is 19.8. The zero-order valence-electron chi connectivity index (χ0n) is 24.1. The smallest absolute Gasteiger partial charge is 0.393 e. The topological polar surface area (TPSA) is 64.2 Å². The molecule has 0 bridgehead atoms. The molecule has 2 aromatic rings. The third kappa shape index (κ3) is 8.30. The summed E-state index contributed by atoms with van der Waals surface area (Å²) < 4.78 is 82.4. The number of halogens is 6. The molecule has 1 fully saturated rings. The van der Waals surface area contributed by atoms with Crippen LogP contribution in [0.3, 0.4) is 0 Å². The molecule has 1 unspecified atom stereocenters. The number of aromatic nitrogens is 1. The highest BCUT2D eigenvalue weighted by Gasteiger charge is 2.39. The average Bonchev–Trinajstić information content (AvgIpc) is 3.32. The highest BCUT2D eigenvalue weighted by molar-refractivity contribution is 5.95. The van der Waals surface area contributed by atoms with E-state index in [-0.39, 0.29) is 25.7 Å².